The molecule has 0 saturated heterocycles. The molecule has 0 N–H and O–H groups in total. The monoisotopic (exact) mass is 459 g/mol. The van der Waals surface area contributed by atoms with E-state index in [4.69, 9.17) is 31.3 Å². The number of halogens is 1. The number of aromatic nitrogens is 5. The average molecular weight is 460 g/mol. The Morgan fingerprint density at radius 1 is 1.00 bits per heavy atom. The SMILES string of the molecule is COc1ccc(-n2c3nc4ccccc4nc3c3c(=O)n(C4CCCC4)c(C)nc32)cc1Cl. The molecule has 33 heavy (non-hydrogen) atoms. The van der Waals surface area contributed by atoms with Crippen LogP contribution in [-0.4, -0.2) is 31.2 Å². The third-order valence-corrected chi connectivity index (χ3v) is 6.86. The topological polar surface area (TPSA) is 74.8 Å². The molecule has 5 aromatic rings. The molecule has 2 aromatic carbocycles. The molecule has 0 atom stereocenters. The number of benzene rings is 2. The summed E-state index contributed by atoms with van der Waals surface area (Å²) >= 11 is 6.46. The van der Waals surface area contributed by atoms with Gasteiger partial charge < -0.3 is 4.74 Å². The van der Waals surface area contributed by atoms with Crippen LogP contribution in [0.25, 0.3) is 38.9 Å². The summed E-state index contributed by atoms with van der Waals surface area (Å²) in [6.45, 7) is 1.90. The van der Waals surface area contributed by atoms with Crippen LogP contribution in [0.15, 0.2) is 47.3 Å². The van der Waals surface area contributed by atoms with Crippen molar-refractivity contribution in [3.63, 3.8) is 0 Å². The first-order chi connectivity index (χ1) is 16.1. The molecule has 0 radical (unpaired) electrons. The number of aryl methyl sites for hydroxylation is 1. The van der Waals surface area contributed by atoms with Gasteiger partial charge in [0.1, 0.15) is 22.5 Å². The molecule has 1 aliphatic rings. The van der Waals surface area contributed by atoms with Crippen LogP contribution in [0.1, 0.15) is 37.5 Å². The van der Waals surface area contributed by atoms with Crippen molar-refractivity contribution in [1.29, 1.82) is 0 Å². The lowest BCUT2D eigenvalue weighted by Crippen LogP contribution is -2.27. The summed E-state index contributed by atoms with van der Waals surface area (Å²) in [6, 6.07) is 13.3. The van der Waals surface area contributed by atoms with Crippen LogP contribution < -0.4 is 10.3 Å². The van der Waals surface area contributed by atoms with Gasteiger partial charge in [0.05, 0.1) is 28.9 Å². The number of para-hydroxylation sites is 2. The fraction of sp³-hybridized carbons (Fsp3) is 0.280. The van der Waals surface area contributed by atoms with Crippen LogP contribution in [0.4, 0.5) is 0 Å². The van der Waals surface area contributed by atoms with Gasteiger partial charge >= 0.3 is 0 Å². The van der Waals surface area contributed by atoms with E-state index in [1.807, 2.05) is 46.4 Å². The Balaban J connectivity index is 1.77. The van der Waals surface area contributed by atoms with Gasteiger partial charge in [0.25, 0.3) is 5.56 Å². The number of hydrogen-bond donors (Lipinski definition) is 0. The van der Waals surface area contributed by atoms with Gasteiger partial charge in [-0.15, -0.1) is 0 Å². The van der Waals surface area contributed by atoms with Crippen molar-refractivity contribution in [2.75, 3.05) is 7.11 Å². The number of methoxy groups -OCH3 is 1. The van der Waals surface area contributed by atoms with E-state index in [-0.39, 0.29) is 11.6 Å². The second-order valence-corrected chi connectivity index (χ2v) is 8.92. The zero-order valence-electron chi connectivity index (χ0n) is 18.4. The molecule has 8 heteroatoms. The highest BCUT2D eigenvalue weighted by Crippen LogP contribution is 2.34. The van der Waals surface area contributed by atoms with E-state index in [1.54, 1.807) is 19.2 Å². The van der Waals surface area contributed by atoms with Crippen molar-refractivity contribution in [2.45, 2.75) is 38.6 Å². The lowest BCUT2D eigenvalue weighted by molar-refractivity contribution is 0.415. The van der Waals surface area contributed by atoms with Crippen molar-refractivity contribution in [2.24, 2.45) is 0 Å². The summed E-state index contributed by atoms with van der Waals surface area (Å²) in [5, 5.41) is 0.961. The highest BCUT2D eigenvalue weighted by atomic mass is 35.5. The first-order valence-electron chi connectivity index (χ1n) is 11.1. The van der Waals surface area contributed by atoms with Crippen molar-refractivity contribution >= 4 is 44.8 Å². The lowest BCUT2D eigenvalue weighted by Gasteiger charge is -2.16. The first-order valence-corrected chi connectivity index (χ1v) is 11.5. The molecule has 1 aliphatic carbocycles. The molecule has 0 aliphatic heterocycles. The minimum absolute atomic E-state index is 0.0580. The van der Waals surface area contributed by atoms with Gasteiger partial charge in [-0.05, 0) is 50.1 Å². The summed E-state index contributed by atoms with van der Waals surface area (Å²) in [5.74, 6) is 1.28. The number of fused-ring (bicyclic) bond motifs is 4. The minimum atomic E-state index is -0.0580. The quantitative estimate of drug-likeness (QED) is 0.362. The van der Waals surface area contributed by atoms with Gasteiger partial charge in [-0.1, -0.05) is 36.6 Å². The van der Waals surface area contributed by atoms with Crippen LogP contribution in [0.3, 0.4) is 0 Å². The van der Waals surface area contributed by atoms with Crippen molar-refractivity contribution in [1.82, 2.24) is 24.1 Å². The largest absolute Gasteiger partial charge is 0.495 e. The van der Waals surface area contributed by atoms with Crippen LogP contribution >= 0.6 is 11.6 Å². The summed E-state index contributed by atoms with van der Waals surface area (Å²) in [4.78, 5) is 28.6. The zero-order valence-corrected chi connectivity index (χ0v) is 19.1. The van der Waals surface area contributed by atoms with E-state index in [2.05, 4.69) is 0 Å². The molecule has 0 bridgehead atoms. The molecule has 3 aromatic heterocycles. The summed E-state index contributed by atoms with van der Waals surface area (Å²) in [6.07, 6.45) is 4.25. The fourth-order valence-electron chi connectivity index (χ4n) is 5.04. The lowest BCUT2D eigenvalue weighted by atomic mass is 10.2. The Morgan fingerprint density at radius 2 is 1.73 bits per heavy atom. The van der Waals surface area contributed by atoms with Crippen LogP contribution in [0.5, 0.6) is 5.75 Å². The normalized spacial score (nSPS) is 14.6. The molecule has 3 heterocycles. The third-order valence-electron chi connectivity index (χ3n) is 6.57. The van der Waals surface area contributed by atoms with Gasteiger partial charge in [0.15, 0.2) is 11.3 Å². The molecule has 0 spiro atoms. The maximum Gasteiger partial charge on any atom is 0.265 e. The maximum atomic E-state index is 13.9. The number of nitrogens with zero attached hydrogens (tertiary/aromatic N) is 5. The molecule has 0 amide bonds. The van der Waals surface area contributed by atoms with Gasteiger partial charge in [-0.3, -0.25) is 13.9 Å². The Hall–Kier alpha value is -3.45. The fourth-order valence-corrected chi connectivity index (χ4v) is 5.29. The summed E-state index contributed by atoms with van der Waals surface area (Å²) < 4.78 is 9.06. The predicted molar refractivity (Wildman–Crippen MR) is 130 cm³/mol. The molecule has 166 valence electrons. The minimum Gasteiger partial charge on any atom is -0.495 e. The van der Waals surface area contributed by atoms with Gasteiger partial charge in [-0.25, -0.2) is 15.0 Å². The predicted octanol–water partition coefficient (Wildman–Crippen LogP) is 5.37. The molecule has 6 rings (SSSR count). The smallest absolute Gasteiger partial charge is 0.265 e. The highest BCUT2D eigenvalue weighted by molar-refractivity contribution is 6.32. The second kappa shape index (κ2) is 7.56. The van der Waals surface area contributed by atoms with Crippen molar-refractivity contribution in [3.05, 3.63) is 63.7 Å². The Labute approximate surface area is 194 Å². The number of rotatable bonds is 3. The van der Waals surface area contributed by atoms with Crippen LogP contribution in [0, 0.1) is 6.92 Å². The summed E-state index contributed by atoms with van der Waals surface area (Å²) in [5.41, 5.74) is 3.86. The highest BCUT2D eigenvalue weighted by Gasteiger charge is 2.26. The average Bonchev–Trinajstić information content (AvgIpc) is 3.43. The van der Waals surface area contributed by atoms with E-state index < -0.39 is 0 Å². The molecule has 7 nitrogen and oxygen atoms in total. The maximum absolute atomic E-state index is 13.9. The molecule has 0 unspecified atom stereocenters. The Morgan fingerprint density at radius 3 is 2.42 bits per heavy atom. The third kappa shape index (κ3) is 3.03. The van der Waals surface area contributed by atoms with Crippen molar-refractivity contribution < 1.29 is 4.74 Å². The van der Waals surface area contributed by atoms with Crippen molar-refractivity contribution in [3.8, 4) is 11.4 Å². The number of ether oxygens (including phenoxy) is 1. The van der Waals surface area contributed by atoms with E-state index in [0.29, 0.717) is 38.8 Å². The van der Waals surface area contributed by atoms with E-state index in [0.717, 1.165) is 42.4 Å². The molecule has 1 saturated carbocycles. The molecule has 1 fully saturated rings. The Kier molecular flexibility index (Phi) is 4.62. The molecular formula is C25H22ClN5O2. The van der Waals surface area contributed by atoms with Crippen LogP contribution in [-0.2, 0) is 0 Å². The number of hydrogen-bond acceptors (Lipinski definition) is 5. The second-order valence-electron chi connectivity index (χ2n) is 8.51. The first kappa shape index (κ1) is 20.2. The van der Waals surface area contributed by atoms with E-state index >= 15 is 0 Å². The standard InChI is InChI=1S/C25H22ClN5O2/c1-14-27-23-21(25(32)30(14)15-7-3-4-8-15)22-24(29-19-10-6-5-9-18(19)28-22)31(23)16-11-12-20(33-2)17(26)13-16/h5-6,9-13,15H,3-4,7-8H2,1-2H3. The Bertz CT molecular complexity index is 1620. The summed E-state index contributed by atoms with van der Waals surface area (Å²) in [7, 11) is 1.58. The van der Waals surface area contributed by atoms with Gasteiger partial charge in [0, 0.05) is 6.04 Å². The molecular weight excluding hydrogens is 438 g/mol. The van der Waals surface area contributed by atoms with E-state index in [1.165, 1.54) is 0 Å². The van der Waals surface area contributed by atoms with E-state index in [9.17, 15) is 4.79 Å². The van der Waals surface area contributed by atoms with Gasteiger partial charge in [0.2, 0.25) is 0 Å². The van der Waals surface area contributed by atoms with Crippen LogP contribution in [0.2, 0.25) is 5.02 Å². The zero-order chi connectivity index (χ0) is 22.7. The van der Waals surface area contributed by atoms with Gasteiger partial charge in [-0.2, -0.15) is 0 Å².